The summed E-state index contributed by atoms with van der Waals surface area (Å²) in [6.45, 7) is 6.06. The second-order valence-corrected chi connectivity index (χ2v) is 7.25. The van der Waals surface area contributed by atoms with Crippen molar-refractivity contribution in [3.05, 3.63) is 63.7 Å². The van der Waals surface area contributed by atoms with Gasteiger partial charge in [-0.2, -0.15) is 0 Å². The summed E-state index contributed by atoms with van der Waals surface area (Å²) in [5.41, 5.74) is 4.21. The molecule has 0 unspecified atom stereocenters. The van der Waals surface area contributed by atoms with Crippen LogP contribution < -0.4 is 4.46 Å². The van der Waals surface area contributed by atoms with Crippen molar-refractivity contribution in [1.82, 2.24) is 0 Å². The van der Waals surface area contributed by atoms with Gasteiger partial charge in [0.2, 0.25) is 0 Å². The quantitative estimate of drug-likeness (QED) is 0.784. The molecule has 2 aromatic carbocycles. The first-order valence-electron chi connectivity index (χ1n) is 6.03. The van der Waals surface area contributed by atoms with Crippen molar-refractivity contribution in [2.24, 2.45) is 0 Å². The van der Waals surface area contributed by atoms with Gasteiger partial charge in [-0.05, 0) is 0 Å². The summed E-state index contributed by atoms with van der Waals surface area (Å²) < 4.78 is 1.28. The van der Waals surface area contributed by atoms with Crippen LogP contribution in [0.15, 0.2) is 36.4 Å². The van der Waals surface area contributed by atoms with Crippen LogP contribution in [0, 0.1) is 20.8 Å². The molecule has 3 heteroatoms. The van der Waals surface area contributed by atoms with Crippen molar-refractivity contribution in [1.29, 1.82) is 0 Å². The Labute approximate surface area is 125 Å². The SMILES string of the molecule is Cc1cc(C)c(C(=O)[Se]c2ccc(Cl)cc2)c(C)c1. The Hall–Kier alpha value is -1.08. The predicted octanol–water partition coefficient (Wildman–Crippen LogP) is 3.44. The number of hydrogen-bond acceptors (Lipinski definition) is 1. The van der Waals surface area contributed by atoms with Crippen molar-refractivity contribution >= 4 is 35.7 Å². The zero-order valence-electron chi connectivity index (χ0n) is 11.2. The molecule has 2 rings (SSSR count). The number of aryl methyl sites for hydroxylation is 3. The van der Waals surface area contributed by atoms with Gasteiger partial charge in [-0.25, -0.2) is 0 Å². The van der Waals surface area contributed by atoms with Crippen LogP contribution in [0.3, 0.4) is 0 Å². The third kappa shape index (κ3) is 3.48. The molecule has 0 radical (unpaired) electrons. The van der Waals surface area contributed by atoms with Gasteiger partial charge >= 0.3 is 125 Å². The van der Waals surface area contributed by atoms with Crippen molar-refractivity contribution in [2.75, 3.05) is 0 Å². The van der Waals surface area contributed by atoms with Crippen LogP contribution in [0.2, 0.25) is 5.02 Å². The summed E-state index contributed by atoms with van der Waals surface area (Å²) in [4.78, 5) is 12.4. The van der Waals surface area contributed by atoms with Gasteiger partial charge in [-0.1, -0.05) is 0 Å². The molecule has 0 N–H and O–H groups in total. The molecule has 0 saturated heterocycles. The molecule has 0 saturated carbocycles. The van der Waals surface area contributed by atoms with Crippen LogP contribution in [0.5, 0.6) is 0 Å². The Bertz CT molecular complexity index is 594. The Morgan fingerprint density at radius 2 is 1.53 bits per heavy atom. The van der Waals surface area contributed by atoms with Gasteiger partial charge in [0.05, 0.1) is 0 Å². The number of rotatable bonds is 3. The van der Waals surface area contributed by atoms with Crippen molar-refractivity contribution in [2.45, 2.75) is 20.8 Å². The molecule has 0 atom stereocenters. The zero-order valence-corrected chi connectivity index (χ0v) is 13.6. The topological polar surface area (TPSA) is 17.1 Å². The Balaban J connectivity index is 2.28. The first kappa shape index (κ1) is 14.3. The van der Waals surface area contributed by atoms with Crippen molar-refractivity contribution < 1.29 is 4.79 Å². The molecular weight excluding hydrogens is 323 g/mol. The number of halogens is 1. The minimum atomic E-state index is -0.199. The standard InChI is InChI=1S/C16H15ClOSe/c1-10-8-11(2)15(12(3)9-10)16(18)19-14-6-4-13(17)5-7-14/h4-9H,1-3H3. The molecule has 0 heterocycles. The van der Waals surface area contributed by atoms with E-state index in [1.54, 1.807) is 0 Å². The number of benzene rings is 2. The third-order valence-electron chi connectivity index (χ3n) is 2.91. The summed E-state index contributed by atoms with van der Waals surface area (Å²) >= 11 is 5.66. The monoisotopic (exact) mass is 338 g/mol. The second kappa shape index (κ2) is 5.92. The molecule has 0 aliphatic rings. The molecule has 0 spiro atoms. The van der Waals surface area contributed by atoms with E-state index < -0.39 is 0 Å². The van der Waals surface area contributed by atoms with Crippen LogP contribution in [0.25, 0.3) is 0 Å². The molecule has 0 amide bonds. The fraction of sp³-hybridized carbons (Fsp3) is 0.188. The molecular formula is C16H15ClOSe. The summed E-state index contributed by atoms with van der Waals surface area (Å²) in [6.07, 6.45) is 0. The van der Waals surface area contributed by atoms with E-state index in [0.717, 1.165) is 21.2 Å². The predicted molar refractivity (Wildman–Crippen MR) is 81.8 cm³/mol. The van der Waals surface area contributed by atoms with Crippen LogP contribution in [-0.2, 0) is 0 Å². The fourth-order valence-electron chi connectivity index (χ4n) is 2.16. The van der Waals surface area contributed by atoms with E-state index in [1.165, 1.54) is 5.56 Å². The molecule has 0 aliphatic heterocycles. The van der Waals surface area contributed by atoms with E-state index in [-0.39, 0.29) is 19.6 Å². The first-order chi connectivity index (χ1) is 8.97. The normalized spacial score (nSPS) is 10.5. The van der Waals surface area contributed by atoms with Gasteiger partial charge in [0.15, 0.2) is 0 Å². The van der Waals surface area contributed by atoms with E-state index in [9.17, 15) is 4.79 Å². The van der Waals surface area contributed by atoms with Crippen LogP contribution in [-0.4, -0.2) is 19.6 Å². The van der Waals surface area contributed by atoms with Gasteiger partial charge in [-0.15, -0.1) is 0 Å². The number of hydrogen-bond donors (Lipinski definition) is 0. The molecule has 98 valence electrons. The fourth-order valence-corrected chi connectivity index (χ4v) is 4.20. The average molecular weight is 338 g/mol. The Morgan fingerprint density at radius 3 is 2.05 bits per heavy atom. The zero-order chi connectivity index (χ0) is 14.0. The Kier molecular flexibility index (Phi) is 4.46. The maximum absolute atomic E-state index is 12.4. The van der Waals surface area contributed by atoms with Gasteiger partial charge in [0.1, 0.15) is 0 Å². The minimum absolute atomic E-state index is 0.199. The van der Waals surface area contributed by atoms with Crippen molar-refractivity contribution in [3.8, 4) is 0 Å². The number of carbonyl (C=O) groups excluding carboxylic acids is 1. The molecule has 0 aliphatic carbocycles. The van der Waals surface area contributed by atoms with Gasteiger partial charge in [-0.3, -0.25) is 0 Å². The second-order valence-electron chi connectivity index (χ2n) is 4.62. The van der Waals surface area contributed by atoms with E-state index in [1.807, 2.05) is 38.1 Å². The van der Waals surface area contributed by atoms with Gasteiger partial charge < -0.3 is 0 Å². The van der Waals surface area contributed by atoms with Gasteiger partial charge in [0.25, 0.3) is 0 Å². The molecule has 0 aromatic heterocycles. The average Bonchev–Trinajstić information content (AvgIpc) is 2.30. The molecule has 19 heavy (non-hydrogen) atoms. The summed E-state index contributed by atoms with van der Waals surface area (Å²) in [5, 5.41) is 0.703. The molecule has 2 aromatic rings. The molecule has 1 nitrogen and oxygen atoms in total. The van der Waals surface area contributed by atoms with E-state index in [4.69, 9.17) is 11.6 Å². The summed E-state index contributed by atoms with van der Waals surface area (Å²) in [7, 11) is 0. The Morgan fingerprint density at radius 1 is 1.00 bits per heavy atom. The molecule has 0 bridgehead atoms. The number of carbonyl (C=O) groups is 1. The summed E-state index contributed by atoms with van der Waals surface area (Å²) in [6, 6.07) is 11.7. The van der Waals surface area contributed by atoms with Crippen LogP contribution in [0.4, 0.5) is 0 Å². The first-order valence-corrected chi connectivity index (χ1v) is 8.12. The van der Waals surface area contributed by atoms with E-state index in [2.05, 4.69) is 19.1 Å². The molecule has 0 fully saturated rings. The maximum atomic E-state index is 12.4. The van der Waals surface area contributed by atoms with Crippen molar-refractivity contribution in [3.63, 3.8) is 0 Å². The third-order valence-corrected chi connectivity index (χ3v) is 5.04. The van der Waals surface area contributed by atoms with E-state index >= 15 is 0 Å². The van der Waals surface area contributed by atoms with Crippen LogP contribution >= 0.6 is 11.6 Å². The van der Waals surface area contributed by atoms with Crippen LogP contribution in [0.1, 0.15) is 27.0 Å². The summed E-state index contributed by atoms with van der Waals surface area (Å²) in [5.74, 6) is 0. The van der Waals surface area contributed by atoms with Gasteiger partial charge in [0, 0.05) is 0 Å². The van der Waals surface area contributed by atoms with E-state index in [0.29, 0.717) is 5.02 Å².